The van der Waals surface area contributed by atoms with E-state index < -0.39 is 0 Å². The van der Waals surface area contributed by atoms with Crippen LogP contribution < -0.4 is 0 Å². The molecule has 0 heterocycles. The summed E-state index contributed by atoms with van der Waals surface area (Å²) in [5.74, 6) is 0. The van der Waals surface area contributed by atoms with Crippen molar-refractivity contribution in [2.75, 3.05) is 0 Å². The minimum absolute atomic E-state index is 0.827. The van der Waals surface area contributed by atoms with Crippen molar-refractivity contribution in [3.05, 3.63) is 0 Å². The molecule has 94 valence electrons. The Kier molecular flexibility index (Phi) is 9.76. The van der Waals surface area contributed by atoms with E-state index in [-0.39, 0.29) is 0 Å². The third kappa shape index (κ3) is 7.26. The summed E-state index contributed by atoms with van der Waals surface area (Å²) in [6, 6.07) is 0. The lowest BCUT2D eigenvalue weighted by Crippen LogP contribution is -1.97. The molecule has 0 rings (SSSR count). The summed E-state index contributed by atoms with van der Waals surface area (Å²) in [6.45, 7) is 4.00. The molecule has 0 aliphatic heterocycles. The zero-order valence-electron chi connectivity index (χ0n) is 10.4. The molecule has 0 aromatic rings. The van der Waals surface area contributed by atoms with Crippen molar-refractivity contribution in [2.24, 2.45) is 10.3 Å². The van der Waals surface area contributed by atoms with Crippen LogP contribution in [-0.2, 0) is 0 Å². The van der Waals surface area contributed by atoms with Crippen LogP contribution in [0.15, 0.2) is 10.3 Å². The van der Waals surface area contributed by atoms with E-state index in [1.54, 1.807) is 0 Å². The Morgan fingerprint density at radius 1 is 0.750 bits per heavy atom. The molecule has 0 unspecified atom stereocenters. The van der Waals surface area contributed by atoms with Crippen molar-refractivity contribution in [1.29, 1.82) is 0 Å². The van der Waals surface area contributed by atoms with Gasteiger partial charge >= 0.3 is 0 Å². The zero-order valence-corrected chi connectivity index (χ0v) is 10.4. The van der Waals surface area contributed by atoms with Crippen LogP contribution in [0.2, 0.25) is 0 Å². The third-order valence-corrected chi connectivity index (χ3v) is 2.78. The molecule has 0 aromatic carbocycles. The van der Waals surface area contributed by atoms with Crippen molar-refractivity contribution < 1.29 is 10.4 Å². The van der Waals surface area contributed by atoms with Gasteiger partial charge in [-0.05, 0) is 38.5 Å². The Morgan fingerprint density at radius 3 is 1.38 bits per heavy atom. The lowest BCUT2D eigenvalue weighted by atomic mass is 10.1. The molecule has 0 aromatic heterocycles. The van der Waals surface area contributed by atoms with Gasteiger partial charge in [0.2, 0.25) is 0 Å². The molecule has 0 bridgehead atoms. The molecule has 0 aliphatic carbocycles. The van der Waals surface area contributed by atoms with E-state index in [9.17, 15) is 0 Å². The van der Waals surface area contributed by atoms with Crippen molar-refractivity contribution in [3.8, 4) is 0 Å². The van der Waals surface area contributed by atoms with Gasteiger partial charge in [-0.15, -0.1) is 0 Å². The highest BCUT2D eigenvalue weighted by atomic mass is 16.4. The second-order valence-electron chi connectivity index (χ2n) is 3.95. The summed E-state index contributed by atoms with van der Waals surface area (Å²) in [4.78, 5) is 0. The number of hydrogen-bond acceptors (Lipinski definition) is 4. The summed E-state index contributed by atoms with van der Waals surface area (Å²) in [5, 5.41) is 23.7. The fourth-order valence-electron chi connectivity index (χ4n) is 1.61. The van der Waals surface area contributed by atoms with Crippen LogP contribution >= 0.6 is 0 Å². The largest absolute Gasteiger partial charge is 0.411 e. The molecule has 0 aliphatic rings. The first-order valence-electron chi connectivity index (χ1n) is 6.18. The Morgan fingerprint density at radius 2 is 1.12 bits per heavy atom. The van der Waals surface area contributed by atoms with Gasteiger partial charge in [0, 0.05) is 0 Å². The normalized spacial score (nSPS) is 13.1. The Labute approximate surface area is 98.0 Å². The topological polar surface area (TPSA) is 65.2 Å². The average Bonchev–Trinajstić information content (AvgIpc) is 2.33. The van der Waals surface area contributed by atoms with E-state index >= 15 is 0 Å². The van der Waals surface area contributed by atoms with Crippen LogP contribution in [0.1, 0.15) is 65.2 Å². The SMILES string of the molecule is CC/C(CCCCCC/C(CC)=N/O)=N/O. The lowest BCUT2D eigenvalue weighted by molar-refractivity contribution is 0.315. The van der Waals surface area contributed by atoms with Gasteiger partial charge in [0.25, 0.3) is 0 Å². The number of oxime groups is 2. The van der Waals surface area contributed by atoms with Crippen molar-refractivity contribution >= 4 is 11.4 Å². The fourth-order valence-corrected chi connectivity index (χ4v) is 1.61. The Hall–Kier alpha value is -1.06. The molecule has 0 saturated carbocycles. The van der Waals surface area contributed by atoms with Gasteiger partial charge in [0.15, 0.2) is 0 Å². The predicted octanol–water partition coefficient (Wildman–Crippen LogP) is 3.81. The second kappa shape index (κ2) is 10.5. The maximum atomic E-state index is 8.61. The lowest BCUT2D eigenvalue weighted by Gasteiger charge is -2.03. The molecule has 0 fully saturated rings. The summed E-state index contributed by atoms with van der Waals surface area (Å²) >= 11 is 0. The maximum absolute atomic E-state index is 8.61. The van der Waals surface area contributed by atoms with Gasteiger partial charge in [-0.3, -0.25) is 0 Å². The van der Waals surface area contributed by atoms with Gasteiger partial charge < -0.3 is 10.4 Å². The molecule has 4 heteroatoms. The second-order valence-corrected chi connectivity index (χ2v) is 3.95. The molecule has 16 heavy (non-hydrogen) atoms. The standard InChI is InChI=1S/C12H24N2O2/c1-3-11(13-15)9-7-5-6-8-10-12(4-2)14-16/h15-16H,3-10H2,1-2H3/b13-11-,14-12+. The zero-order chi connectivity index (χ0) is 12.2. The van der Waals surface area contributed by atoms with E-state index in [4.69, 9.17) is 10.4 Å². The summed E-state index contributed by atoms with van der Waals surface area (Å²) in [5.41, 5.74) is 1.76. The molecular formula is C12H24N2O2. The van der Waals surface area contributed by atoms with E-state index in [0.717, 1.165) is 62.8 Å². The van der Waals surface area contributed by atoms with Crippen molar-refractivity contribution in [3.63, 3.8) is 0 Å². The molecule has 4 nitrogen and oxygen atoms in total. The molecule has 0 atom stereocenters. The van der Waals surface area contributed by atoms with Crippen LogP contribution in [0.4, 0.5) is 0 Å². The molecule has 0 amide bonds. The average molecular weight is 228 g/mol. The van der Waals surface area contributed by atoms with Crippen LogP contribution in [0.25, 0.3) is 0 Å². The highest BCUT2D eigenvalue weighted by Gasteiger charge is 1.99. The minimum Gasteiger partial charge on any atom is -0.411 e. The molecule has 0 radical (unpaired) electrons. The molecular weight excluding hydrogens is 204 g/mol. The van der Waals surface area contributed by atoms with E-state index in [1.165, 1.54) is 0 Å². The third-order valence-electron chi connectivity index (χ3n) is 2.78. The predicted molar refractivity (Wildman–Crippen MR) is 66.7 cm³/mol. The molecule has 0 saturated heterocycles. The number of hydrogen-bond donors (Lipinski definition) is 2. The van der Waals surface area contributed by atoms with Crippen LogP contribution in [0, 0.1) is 0 Å². The first-order valence-corrected chi connectivity index (χ1v) is 6.18. The summed E-state index contributed by atoms with van der Waals surface area (Å²) in [7, 11) is 0. The number of unbranched alkanes of at least 4 members (excludes halogenated alkanes) is 3. The maximum Gasteiger partial charge on any atom is 0.0568 e. The van der Waals surface area contributed by atoms with Gasteiger partial charge in [0.05, 0.1) is 11.4 Å². The summed E-state index contributed by atoms with van der Waals surface area (Å²) in [6.07, 6.45) is 7.86. The first kappa shape index (κ1) is 14.9. The van der Waals surface area contributed by atoms with Gasteiger partial charge in [-0.25, -0.2) is 0 Å². The highest BCUT2D eigenvalue weighted by molar-refractivity contribution is 5.83. The van der Waals surface area contributed by atoms with Gasteiger partial charge in [0.1, 0.15) is 0 Å². The Balaban J connectivity index is 3.41. The van der Waals surface area contributed by atoms with Crippen LogP contribution in [0.5, 0.6) is 0 Å². The number of nitrogens with zero attached hydrogens (tertiary/aromatic N) is 2. The van der Waals surface area contributed by atoms with Crippen molar-refractivity contribution in [1.82, 2.24) is 0 Å². The first-order chi connectivity index (χ1) is 7.78. The fraction of sp³-hybridized carbons (Fsp3) is 0.833. The minimum atomic E-state index is 0.827. The monoisotopic (exact) mass is 228 g/mol. The smallest absolute Gasteiger partial charge is 0.0568 e. The quantitative estimate of drug-likeness (QED) is 0.273. The van der Waals surface area contributed by atoms with Crippen LogP contribution in [-0.4, -0.2) is 21.8 Å². The van der Waals surface area contributed by atoms with E-state index in [1.807, 2.05) is 13.8 Å². The van der Waals surface area contributed by atoms with E-state index in [2.05, 4.69) is 10.3 Å². The van der Waals surface area contributed by atoms with Gasteiger partial charge in [-0.2, -0.15) is 0 Å². The molecule has 2 N–H and O–H groups in total. The van der Waals surface area contributed by atoms with Crippen molar-refractivity contribution in [2.45, 2.75) is 65.2 Å². The van der Waals surface area contributed by atoms with E-state index in [0.29, 0.717) is 0 Å². The highest BCUT2D eigenvalue weighted by Crippen LogP contribution is 2.08. The number of rotatable bonds is 9. The summed E-state index contributed by atoms with van der Waals surface area (Å²) < 4.78 is 0. The van der Waals surface area contributed by atoms with Crippen LogP contribution in [0.3, 0.4) is 0 Å². The van der Waals surface area contributed by atoms with Gasteiger partial charge in [-0.1, -0.05) is 37.0 Å². The Bertz CT molecular complexity index is 201. The molecule has 0 spiro atoms.